The van der Waals surface area contributed by atoms with Crippen molar-refractivity contribution in [1.82, 2.24) is 5.32 Å². The Morgan fingerprint density at radius 1 is 0.968 bits per heavy atom. The summed E-state index contributed by atoms with van der Waals surface area (Å²) in [6.45, 7) is 7.87. The predicted molar refractivity (Wildman–Crippen MR) is 131 cm³/mol. The van der Waals surface area contributed by atoms with Crippen molar-refractivity contribution < 1.29 is 14.3 Å². The molecule has 0 aliphatic carbocycles. The minimum atomic E-state index is -0.269. The zero-order chi connectivity index (χ0) is 22.5. The van der Waals surface area contributed by atoms with Crippen LogP contribution >= 0.6 is 12.2 Å². The highest BCUT2D eigenvalue weighted by Gasteiger charge is 2.09. The lowest BCUT2D eigenvalue weighted by Gasteiger charge is -2.12. The number of carbonyl (C=O) groups is 1. The maximum absolute atomic E-state index is 12.5. The van der Waals surface area contributed by atoms with E-state index >= 15 is 0 Å². The van der Waals surface area contributed by atoms with Gasteiger partial charge in [0.2, 0.25) is 0 Å². The summed E-state index contributed by atoms with van der Waals surface area (Å²) >= 11 is 5.29. The molecule has 2 rings (SSSR count). The van der Waals surface area contributed by atoms with Gasteiger partial charge in [0, 0.05) is 17.3 Å². The Morgan fingerprint density at radius 3 is 2.42 bits per heavy atom. The number of amides is 1. The maximum Gasteiger partial charge on any atom is 0.257 e. The van der Waals surface area contributed by atoms with Gasteiger partial charge in [0.15, 0.2) is 5.11 Å². The summed E-state index contributed by atoms with van der Waals surface area (Å²) in [5, 5.41) is 5.98. The Bertz CT molecular complexity index is 822. The number of hydrogen-bond acceptors (Lipinski definition) is 4. The molecule has 0 atom stereocenters. The second-order valence-electron chi connectivity index (χ2n) is 7.90. The number of thiocarbonyl (C=S) groups is 1. The van der Waals surface area contributed by atoms with Gasteiger partial charge >= 0.3 is 0 Å². The maximum atomic E-state index is 12.5. The molecule has 0 aliphatic heterocycles. The van der Waals surface area contributed by atoms with Crippen LogP contribution in [0.5, 0.6) is 11.5 Å². The molecule has 0 saturated heterocycles. The minimum absolute atomic E-state index is 0.238. The summed E-state index contributed by atoms with van der Waals surface area (Å²) in [6.07, 6.45) is 5.65. The lowest BCUT2D eigenvalue weighted by Crippen LogP contribution is -2.34. The first-order valence-corrected chi connectivity index (χ1v) is 11.5. The normalized spacial score (nSPS) is 10.6. The monoisotopic (exact) mass is 442 g/mol. The standard InChI is InChI=1S/C25H34N2O3S/c1-4-5-6-7-16-29-23-10-8-9-21(18-23)26-25(31)27-24(28)20-11-13-22(14-12-20)30-17-15-19(2)3/h8-14,18-19H,4-7,15-17H2,1-3H3,(H2,26,27,28,31). The highest BCUT2D eigenvalue weighted by atomic mass is 32.1. The van der Waals surface area contributed by atoms with E-state index in [4.69, 9.17) is 21.7 Å². The molecular formula is C25H34N2O3S. The van der Waals surface area contributed by atoms with Gasteiger partial charge in [0.1, 0.15) is 11.5 Å². The zero-order valence-electron chi connectivity index (χ0n) is 18.8. The van der Waals surface area contributed by atoms with E-state index < -0.39 is 0 Å². The third kappa shape index (κ3) is 9.83. The van der Waals surface area contributed by atoms with E-state index in [1.54, 1.807) is 24.3 Å². The number of rotatable bonds is 12. The Hall–Kier alpha value is -2.60. The minimum Gasteiger partial charge on any atom is -0.494 e. The number of nitrogens with one attached hydrogen (secondary N) is 2. The average Bonchev–Trinajstić information content (AvgIpc) is 2.74. The number of ether oxygens (including phenoxy) is 2. The van der Waals surface area contributed by atoms with E-state index in [0.29, 0.717) is 24.7 Å². The van der Waals surface area contributed by atoms with Crippen LogP contribution in [0.3, 0.4) is 0 Å². The van der Waals surface area contributed by atoms with E-state index in [2.05, 4.69) is 31.4 Å². The van der Waals surface area contributed by atoms with Gasteiger partial charge in [-0.3, -0.25) is 10.1 Å². The molecule has 0 heterocycles. The number of unbranched alkanes of at least 4 members (excludes halogenated alkanes) is 3. The molecule has 31 heavy (non-hydrogen) atoms. The zero-order valence-corrected chi connectivity index (χ0v) is 19.6. The van der Waals surface area contributed by atoms with Gasteiger partial charge < -0.3 is 14.8 Å². The smallest absolute Gasteiger partial charge is 0.257 e. The van der Waals surface area contributed by atoms with Crippen molar-refractivity contribution in [3.8, 4) is 11.5 Å². The van der Waals surface area contributed by atoms with Crippen molar-refractivity contribution in [2.75, 3.05) is 18.5 Å². The van der Waals surface area contributed by atoms with Crippen molar-refractivity contribution >= 4 is 28.9 Å². The van der Waals surface area contributed by atoms with Crippen LogP contribution in [0.15, 0.2) is 48.5 Å². The van der Waals surface area contributed by atoms with Gasteiger partial charge in [-0.1, -0.05) is 46.1 Å². The lowest BCUT2D eigenvalue weighted by atomic mass is 10.1. The fraction of sp³-hybridized carbons (Fsp3) is 0.440. The highest BCUT2D eigenvalue weighted by Crippen LogP contribution is 2.18. The molecule has 0 aromatic heterocycles. The quantitative estimate of drug-likeness (QED) is 0.303. The van der Waals surface area contributed by atoms with Gasteiger partial charge in [-0.15, -0.1) is 0 Å². The number of carbonyl (C=O) groups excluding carboxylic acids is 1. The summed E-state index contributed by atoms with van der Waals surface area (Å²) < 4.78 is 11.5. The first kappa shape index (κ1) is 24.7. The van der Waals surface area contributed by atoms with Crippen molar-refractivity contribution in [2.45, 2.75) is 52.9 Å². The molecule has 0 fully saturated rings. The molecule has 0 aliphatic rings. The number of anilines is 1. The third-order valence-electron chi connectivity index (χ3n) is 4.67. The molecular weight excluding hydrogens is 408 g/mol. The molecule has 2 aromatic carbocycles. The van der Waals surface area contributed by atoms with Crippen LogP contribution in [-0.2, 0) is 0 Å². The van der Waals surface area contributed by atoms with Gasteiger partial charge in [0.05, 0.1) is 13.2 Å². The largest absolute Gasteiger partial charge is 0.494 e. The predicted octanol–water partition coefficient (Wildman–Crippen LogP) is 6.20. The van der Waals surface area contributed by atoms with Crippen LogP contribution in [0.4, 0.5) is 5.69 Å². The fourth-order valence-electron chi connectivity index (χ4n) is 2.84. The molecule has 0 spiro atoms. The summed E-state index contributed by atoms with van der Waals surface area (Å²) in [7, 11) is 0. The summed E-state index contributed by atoms with van der Waals surface area (Å²) in [4.78, 5) is 12.5. The SMILES string of the molecule is CCCCCCOc1cccc(NC(=S)NC(=O)c2ccc(OCCC(C)C)cc2)c1. The van der Waals surface area contributed by atoms with Crippen LogP contribution in [0, 0.1) is 5.92 Å². The van der Waals surface area contributed by atoms with Gasteiger partial charge in [-0.2, -0.15) is 0 Å². The highest BCUT2D eigenvalue weighted by molar-refractivity contribution is 7.80. The van der Waals surface area contributed by atoms with Crippen molar-refractivity contribution in [3.05, 3.63) is 54.1 Å². The van der Waals surface area contributed by atoms with Crippen LogP contribution < -0.4 is 20.1 Å². The van der Waals surface area contributed by atoms with Crippen LogP contribution in [0.1, 0.15) is 63.2 Å². The summed E-state index contributed by atoms with van der Waals surface area (Å²) in [5.74, 6) is 1.86. The third-order valence-corrected chi connectivity index (χ3v) is 4.87. The van der Waals surface area contributed by atoms with Crippen molar-refractivity contribution in [2.24, 2.45) is 5.92 Å². The molecule has 0 unspecified atom stereocenters. The van der Waals surface area contributed by atoms with E-state index in [1.165, 1.54) is 19.3 Å². The van der Waals surface area contributed by atoms with Crippen molar-refractivity contribution in [3.63, 3.8) is 0 Å². The summed E-state index contributed by atoms with van der Waals surface area (Å²) in [6, 6.07) is 14.6. The fourth-order valence-corrected chi connectivity index (χ4v) is 3.05. The molecule has 0 saturated carbocycles. The second-order valence-corrected chi connectivity index (χ2v) is 8.31. The van der Waals surface area contributed by atoms with Gasteiger partial charge in [-0.25, -0.2) is 0 Å². The Kier molecular flexibility index (Phi) is 10.9. The molecule has 0 bridgehead atoms. The molecule has 168 valence electrons. The molecule has 2 aromatic rings. The Balaban J connectivity index is 1.80. The average molecular weight is 443 g/mol. The van der Waals surface area contributed by atoms with Gasteiger partial charge in [0.25, 0.3) is 5.91 Å². The molecule has 6 heteroatoms. The number of benzene rings is 2. The molecule has 1 amide bonds. The second kappa shape index (κ2) is 13.7. The molecule has 5 nitrogen and oxygen atoms in total. The molecule has 2 N–H and O–H groups in total. The van der Waals surface area contributed by atoms with Crippen LogP contribution in [0.2, 0.25) is 0 Å². The Morgan fingerprint density at radius 2 is 1.71 bits per heavy atom. The van der Waals surface area contributed by atoms with E-state index in [0.717, 1.165) is 30.0 Å². The lowest BCUT2D eigenvalue weighted by molar-refractivity contribution is 0.0977. The van der Waals surface area contributed by atoms with E-state index in [9.17, 15) is 4.79 Å². The topological polar surface area (TPSA) is 59.6 Å². The summed E-state index contributed by atoms with van der Waals surface area (Å²) in [5.41, 5.74) is 1.29. The Labute approximate surface area is 191 Å². The van der Waals surface area contributed by atoms with E-state index in [-0.39, 0.29) is 11.0 Å². The van der Waals surface area contributed by atoms with Gasteiger partial charge in [-0.05, 0) is 67.4 Å². The first-order valence-electron chi connectivity index (χ1n) is 11.1. The van der Waals surface area contributed by atoms with Crippen LogP contribution in [-0.4, -0.2) is 24.2 Å². The number of hydrogen-bond donors (Lipinski definition) is 2. The van der Waals surface area contributed by atoms with Crippen molar-refractivity contribution in [1.29, 1.82) is 0 Å². The first-order chi connectivity index (χ1) is 15.0. The molecule has 0 radical (unpaired) electrons. The van der Waals surface area contributed by atoms with Crippen LogP contribution in [0.25, 0.3) is 0 Å². The van der Waals surface area contributed by atoms with E-state index in [1.807, 2.05) is 24.3 Å².